The zero-order valence-electron chi connectivity index (χ0n) is 12.1. The summed E-state index contributed by atoms with van der Waals surface area (Å²) in [5.41, 5.74) is 4.91. The van der Waals surface area contributed by atoms with Crippen LogP contribution in [0.1, 0.15) is 25.3 Å². The average molecular weight is 254 g/mol. The first-order chi connectivity index (χ1) is 9.11. The van der Waals surface area contributed by atoms with E-state index in [2.05, 4.69) is 79.6 Å². The summed E-state index contributed by atoms with van der Waals surface area (Å²) in [7, 11) is 4.03. The number of hydrogen-bond donors (Lipinski definition) is 1. The fourth-order valence-electron chi connectivity index (χ4n) is 2.08. The highest BCUT2D eigenvalue weighted by Gasteiger charge is 2.05. The molecule has 0 fully saturated rings. The highest BCUT2D eigenvalue weighted by molar-refractivity contribution is 5.64. The number of hydrogen-bond acceptors (Lipinski definition) is 2. The molecule has 19 heavy (non-hydrogen) atoms. The highest BCUT2D eigenvalue weighted by Crippen LogP contribution is 2.26. The van der Waals surface area contributed by atoms with Gasteiger partial charge in [-0.1, -0.05) is 26.0 Å². The summed E-state index contributed by atoms with van der Waals surface area (Å²) < 4.78 is 0. The molecule has 0 aliphatic heterocycles. The van der Waals surface area contributed by atoms with E-state index in [-0.39, 0.29) is 0 Å². The van der Waals surface area contributed by atoms with Crippen LogP contribution in [0.3, 0.4) is 0 Å². The van der Waals surface area contributed by atoms with Gasteiger partial charge in [0, 0.05) is 31.2 Å². The Labute approximate surface area is 116 Å². The van der Waals surface area contributed by atoms with Crippen LogP contribution < -0.4 is 10.2 Å². The van der Waals surface area contributed by atoms with Gasteiger partial charge in [0.25, 0.3) is 0 Å². The molecular formula is C17H22N2. The zero-order valence-corrected chi connectivity index (χ0v) is 12.1. The van der Waals surface area contributed by atoms with Crippen molar-refractivity contribution in [1.82, 2.24) is 0 Å². The largest absolute Gasteiger partial charge is 0.388 e. The second-order valence-corrected chi connectivity index (χ2v) is 5.10. The van der Waals surface area contributed by atoms with Crippen LogP contribution >= 0.6 is 0 Å². The lowest BCUT2D eigenvalue weighted by Crippen LogP contribution is -2.09. The van der Waals surface area contributed by atoms with Crippen LogP contribution in [0.15, 0.2) is 48.5 Å². The molecule has 0 bridgehead atoms. The van der Waals surface area contributed by atoms with E-state index in [1.165, 1.54) is 16.9 Å². The molecule has 100 valence electrons. The van der Waals surface area contributed by atoms with Gasteiger partial charge in [0.15, 0.2) is 0 Å². The van der Waals surface area contributed by atoms with Gasteiger partial charge in [0.2, 0.25) is 0 Å². The fourth-order valence-corrected chi connectivity index (χ4v) is 2.08. The van der Waals surface area contributed by atoms with Crippen molar-refractivity contribution in [3.05, 3.63) is 54.1 Å². The summed E-state index contributed by atoms with van der Waals surface area (Å²) in [6.07, 6.45) is 0. The van der Waals surface area contributed by atoms with Crippen molar-refractivity contribution >= 4 is 17.1 Å². The summed E-state index contributed by atoms with van der Waals surface area (Å²) in [6, 6.07) is 17.2. The van der Waals surface area contributed by atoms with Gasteiger partial charge in [0.1, 0.15) is 0 Å². The Hall–Kier alpha value is -1.96. The molecule has 0 aliphatic rings. The molecule has 0 radical (unpaired) electrons. The van der Waals surface area contributed by atoms with Crippen molar-refractivity contribution in [2.45, 2.75) is 19.8 Å². The van der Waals surface area contributed by atoms with E-state index in [0.29, 0.717) is 5.92 Å². The van der Waals surface area contributed by atoms with Crippen LogP contribution in [-0.2, 0) is 0 Å². The van der Waals surface area contributed by atoms with E-state index in [0.717, 1.165) is 5.69 Å². The number of benzene rings is 2. The normalized spacial score (nSPS) is 10.6. The van der Waals surface area contributed by atoms with Crippen LogP contribution in [0, 0.1) is 0 Å². The van der Waals surface area contributed by atoms with Gasteiger partial charge in [-0.05, 0) is 47.9 Å². The lowest BCUT2D eigenvalue weighted by Gasteiger charge is -2.20. The van der Waals surface area contributed by atoms with E-state index >= 15 is 0 Å². The second kappa shape index (κ2) is 5.79. The molecule has 0 heterocycles. The third kappa shape index (κ3) is 3.08. The van der Waals surface area contributed by atoms with E-state index in [4.69, 9.17) is 0 Å². The van der Waals surface area contributed by atoms with Gasteiger partial charge in [-0.25, -0.2) is 0 Å². The van der Waals surface area contributed by atoms with Crippen LogP contribution in [0.4, 0.5) is 17.1 Å². The molecule has 2 aromatic carbocycles. The monoisotopic (exact) mass is 254 g/mol. The molecule has 2 rings (SSSR count). The van der Waals surface area contributed by atoms with E-state index < -0.39 is 0 Å². The summed E-state index contributed by atoms with van der Waals surface area (Å²) in [5, 5.41) is 3.13. The molecular weight excluding hydrogens is 232 g/mol. The lowest BCUT2D eigenvalue weighted by atomic mass is 10.0. The summed E-state index contributed by atoms with van der Waals surface area (Å²) >= 11 is 0. The molecule has 0 atom stereocenters. The fraction of sp³-hybridized carbons (Fsp3) is 0.294. The SMILES string of the molecule is CNc1ccc(N(C)c2ccc(C(C)C)cc2)cc1. The molecule has 1 N–H and O–H groups in total. The molecule has 2 heteroatoms. The number of rotatable bonds is 4. The van der Waals surface area contributed by atoms with Gasteiger partial charge in [-0.15, -0.1) is 0 Å². The highest BCUT2D eigenvalue weighted by atomic mass is 15.1. The Morgan fingerprint density at radius 3 is 1.74 bits per heavy atom. The van der Waals surface area contributed by atoms with E-state index in [1.807, 2.05) is 7.05 Å². The van der Waals surface area contributed by atoms with Crippen molar-refractivity contribution in [1.29, 1.82) is 0 Å². The first-order valence-electron chi connectivity index (χ1n) is 6.73. The third-order valence-electron chi connectivity index (χ3n) is 3.49. The van der Waals surface area contributed by atoms with Crippen LogP contribution in [0.5, 0.6) is 0 Å². The van der Waals surface area contributed by atoms with Crippen molar-refractivity contribution in [2.24, 2.45) is 0 Å². The van der Waals surface area contributed by atoms with Gasteiger partial charge in [-0.2, -0.15) is 0 Å². The Kier molecular flexibility index (Phi) is 4.10. The number of nitrogens with zero attached hydrogens (tertiary/aromatic N) is 1. The molecule has 0 aliphatic carbocycles. The molecule has 0 aromatic heterocycles. The smallest absolute Gasteiger partial charge is 0.0409 e. The second-order valence-electron chi connectivity index (χ2n) is 5.10. The third-order valence-corrected chi connectivity index (χ3v) is 3.49. The quantitative estimate of drug-likeness (QED) is 0.856. The van der Waals surface area contributed by atoms with Crippen molar-refractivity contribution in [3.8, 4) is 0 Å². The van der Waals surface area contributed by atoms with E-state index in [1.54, 1.807) is 0 Å². The van der Waals surface area contributed by atoms with Gasteiger partial charge < -0.3 is 10.2 Å². The minimum atomic E-state index is 0.578. The maximum Gasteiger partial charge on any atom is 0.0409 e. The van der Waals surface area contributed by atoms with Crippen molar-refractivity contribution < 1.29 is 0 Å². The lowest BCUT2D eigenvalue weighted by molar-refractivity contribution is 0.866. The Bertz CT molecular complexity index is 512. The van der Waals surface area contributed by atoms with Gasteiger partial charge in [-0.3, -0.25) is 0 Å². The van der Waals surface area contributed by atoms with Gasteiger partial charge in [0.05, 0.1) is 0 Å². The predicted molar refractivity (Wildman–Crippen MR) is 84.6 cm³/mol. The number of anilines is 3. The minimum absolute atomic E-state index is 0.578. The maximum absolute atomic E-state index is 3.13. The minimum Gasteiger partial charge on any atom is -0.388 e. The molecule has 2 nitrogen and oxygen atoms in total. The average Bonchev–Trinajstić information content (AvgIpc) is 2.46. The maximum atomic E-state index is 3.13. The van der Waals surface area contributed by atoms with E-state index in [9.17, 15) is 0 Å². The topological polar surface area (TPSA) is 15.3 Å². The number of nitrogens with one attached hydrogen (secondary N) is 1. The summed E-state index contributed by atoms with van der Waals surface area (Å²) in [4.78, 5) is 2.20. The summed E-state index contributed by atoms with van der Waals surface area (Å²) in [5.74, 6) is 0.578. The van der Waals surface area contributed by atoms with Gasteiger partial charge >= 0.3 is 0 Å². The van der Waals surface area contributed by atoms with Crippen LogP contribution in [-0.4, -0.2) is 14.1 Å². The first kappa shape index (κ1) is 13.5. The van der Waals surface area contributed by atoms with Crippen molar-refractivity contribution in [2.75, 3.05) is 24.3 Å². The molecule has 0 amide bonds. The molecule has 0 saturated heterocycles. The molecule has 0 unspecified atom stereocenters. The Balaban J connectivity index is 2.20. The van der Waals surface area contributed by atoms with Crippen molar-refractivity contribution in [3.63, 3.8) is 0 Å². The summed E-state index contributed by atoms with van der Waals surface area (Å²) in [6.45, 7) is 4.43. The van der Waals surface area contributed by atoms with Crippen LogP contribution in [0.25, 0.3) is 0 Å². The Morgan fingerprint density at radius 1 is 0.842 bits per heavy atom. The Morgan fingerprint density at radius 2 is 1.32 bits per heavy atom. The first-order valence-corrected chi connectivity index (χ1v) is 6.73. The molecule has 0 saturated carbocycles. The standard InChI is InChI=1S/C17H22N2/c1-13(2)14-5-9-16(10-6-14)19(4)17-11-7-15(18-3)8-12-17/h5-13,18H,1-4H3. The molecule has 0 spiro atoms. The van der Waals surface area contributed by atoms with Crippen LogP contribution in [0.2, 0.25) is 0 Å². The predicted octanol–water partition coefficient (Wildman–Crippen LogP) is 4.62. The zero-order chi connectivity index (χ0) is 13.8. The molecule has 2 aromatic rings.